The fourth-order valence-corrected chi connectivity index (χ4v) is 1.95. The van der Waals surface area contributed by atoms with Gasteiger partial charge in [0.2, 0.25) is 10.1 Å². The third kappa shape index (κ3) is 2.77. The second-order valence-corrected chi connectivity index (χ2v) is 4.89. The van der Waals surface area contributed by atoms with Gasteiger partial charge in [-0.15, -0.1) is 10.2 Å². The number of nitrogens with one attached hydrogen (secondary N) is 1. The van der Waals surface area contributed by atoms with E-state index < -0.39 is 11.7 Å². The summed E-state index contributed by atoms with van der Waals surface area (Å²) in [6.45, 7) is 0. The average molecular weight is 317 g/mol. The SMILES string of the molecule is Nc1nnc(C(=O)Nc2cc(F)ccc2Br)s1. The van der Waals surface area contributed by atoms with E-state index >= 15 is 0 Å². The summed E-state index contributed by atoms with van der Waals surface area (Å²) in [4.78, 5) is 11.7. The van der Waals surface area contributed by atoms with Crippen molar-refractivity contribution in [2.45, 2.75) is 0 Å². The Labute approximate surface area is 108 Å². The van der Waals surface area contributed by atoms with Gasteiger partial charge in [0, 0.05) is 4.47 Å². The van der Waals surface area contributed by atoms with Crippen molar-refractivity contribution in [2.75, 3.05) is 11.1 Å². The quantitative estimate of drug-likeness (QED) is 0.890. The van der Waals surface area contributed by atoms with Gasteiger partial charge < -0.3 is 11.1 Å². The van der Waals surface area contributed by atoms with Crippen molar-refractivity contribution in [3.05, 3.63) is 33.5 Å². The molecule has 1 aromatic heterocycles. The first kappa shape index (κ1) is 11.9. The molecule has 0 saturated heterocycles. The van der Waals surface area contributed by atoms with E-state index in [4.69, 9.17) is 5.73 Å². The van der Waals surface area contributed by atoms with Crippen LogP contribution < -0.4 is 11.1 Å². The zero-order valence-electron chi connectivity index (χ0n) is 8.28. The molecule has 88 valence electrons. The molecule has 0 bridgehead atoms. The number of carbonyl (C=O) groups is 1. The summed E-state index contributed by atoms with van der Waals surface area (Å²) in [5, 5.41) is 9.94. The number of nitrogens with two attached hydrogens (primary N) is 1. The normalized spacial score (nSPS) is 10.2. The van der Waals surface area contributed by atoms with Gasteiger partial charge in [-0.2, -0.15) is 0 Å². The van der Waals surface area contributed by atoms with E-state index in [1.54, 1.807) is 0 Å². The van der Waals surface area contributed by atoms with Gasteiger partial charge in [-0.05, 0) is 34.1 Å². The smallest absolute Gasteiger partial charge is 0.286 e. The molecule has 0 aliphatic carbocycles. The van der Waals surface area contributed by atoms with Gasteiger partial charge >= 0.3 is 0 Å². The second kappa shape index (κ2) is 4.76. The fourth-order valence-electron chi connectivity index (χ4n) is 1.10. The molecule has 1 aromatic carbocycles. The lowest BCUT2D eigenvalue weighted by atomic mass is 10.3. The Morgan fingerprint density at radius 1 is 1.47 bits per heavy atom. The van der Waals surface area contributed by atoms with Crippen LogP contribution >= 0.6 is 27.3 Å². The predicted octanol–water partition coefficient (Wildman–Crippen LogP) is 2.27. The summed E-state index contributed by atoms with van der Waals surface area (Å²) in [6.07, 6.45) is 0. The van der Waals surface area contributed by atoms with Gasteiger partial charge in [-0.1, -0.05) is 11.3 Å². The Kier molecular flexibility index (Phi) is 3.34. The molecule has 0 spiro atoms. The number of benzene rings is 1. The Bertz CT molecular complexity index is 574. The lowest BCUT2D eigenvalue weighted by molar-refractivity contribution is 0.102. The van der Waals surface area contributed by atoms with Crippen LogP contribution in [0.3, 0.4) is 0 Å². The summed E-state index contributed by atoms with van der Waals surface area (Å²) in [6, 6.07) is 3.98. The van der Waals surface area contributed by atoms with Crippen LogP contribution in [0.1, 0.15) is 9.80 Å². The minimum Gasteiger partial charge on any atom is -0.374 e. The number of aromatic nitrogens is 2. The Balaban J connectivity index is 2.21. The van der Waals surface area contributed by atoms with Crippen LogP contribution in [-0.4, -0.2) is 16.1 Å². The molecule has 0 saturated carbocycles. The molecule has 0 fully saturated rings. The third-order valence-electron chi connectivity index (χ3n) is 1.81. The van der Waals surface area contributed by atoms with Crippen LogP contribution in [0.2, 0.25) is 0 Å². The van der Waals surface area contributed by atoms with E-state index in [2.05, 4.69) is 31.4 Å². The lowest BCUT2D eigenvalue weighted by Crippen LogP contribution is -2.12. The number of halogens is 2. The maximum Gasteiger partial charge on any atom is 0.286 e. The van der Waals surface area contributed by atoms with Crippen molar-refractivity contribution in [1.29, 1.82) is 0 Å². The van der Waals surface area contributed by atoms with Crippen LogP contribution in [0, 0.1) is 5.82 Å². The number of amides is 1. The van der Waals surface area contributed by atoms with Crippen molar-refractivity contribution in [1.82, 2.24) is 10.2 Å². The Morgan fingerprint density at radius 2 is 2.24 bits per heavy atom. The van der Waals surface area contributed by atoms with Crippen molar-refractivity contribution >= 4 is 44.0 Å². The molecule has 0 atom stereocenters. The number of nitrogen functional groups attached to an aromatic ring is 1. The van der Waals surface area contributed by atoms with Crippen LogP contribution in [0.15, 0.2) is 22.7 Å². The van der Waals surface area contributed by atoms with E-state index in [-0.39, 0.29) is 10.1 Å². The molecule has 2 rings (SSSR count). The predicted molar refractivity (Wildman–Crippen MR) is 66.4 cm³/mol. The highest BCUT2D eigenvalue weighted by molar-refractivity contribution is 9.10. The van der Waals surface area contributed by atoms with Gasteiger partial charge in [0.25, 0.3) is 5.91 Å². The number of nitrogens with zero attached hydrogens (tertiary/aromatic N) is 2. The van der Waals surface area contributed by atoms with E-state index in [1.807, 2.05) is 0 Å². The van der Waals surface area contributed by atoms with E-state index in [0.29, 0.717) is 10.2 Å². The van der Waals surface area contributed by atoms with Gasteiger partial charge in [-0.3, -0.25) is 4.79 Å². The molecule has 1 amide bonds. The maximum absolute atomic E-state index is 13.0. The molecule has 0 aliphatic heterocycles. The number of hydrogen-bond acceptors (Lipinski definition) is 5. The van der Waals surface area contributed by atoms with Gasteiger partial charge in [0.1, 0.15) is 5.82 Å². The van der Waals surface area contributed by atoms with Crippen molar-refractivity contribution in [2.24, 2.45) is 0 Å². The minimum atomic E-state index is -0.481. The molecule has 0 aliphatic rings. The molecular weight excluding hydrogens is 311 g/mol. The Morgan fingerprint density at radius 3 is 2.88 bits per heavy atom. The maximum atomic E-state index is 13.0. The summed E-state index contributed by atoms with van der Waals surface area (Å²) in [5.74, 6) is -0.925. The van der Waals surface area contributed by atoms with Gasteiger partial charge in [0.05, 0.1) is 5.69 Å². The zero-order valence-corrected chi connectivity index (χ0v) is 10.7. The molecule has 1 heterocycles. The first-order valence-electron chi connectivity index (χ1n) is 4.41. The highest BCUT2D eigenvalue weighted by Crippen LogP contribution is 2.24. The van der Waals surface area contributed by atoms with Crippen molar-refractivity contribution in [3.63, 3.8) is 0 Å². The molecule has 5 nitrogen and oxygen atoms in total. The zero-order chi connectivity index (χ0) is 12.4. The van der Waals surface area contributed by atoms with Crippen LogP contribution in [0.4, 0.5) is 15.2 Å². The number of rotatable bonds is 2. The molecule has 3 N–H and O–H groups in total. The van der Waals surface area contributed by atoms with Gasteiger partial charge in [-0.25, -0.2) is 4.39 Å². The topological polar surface area (TPSA) is 80.9 Å². The van der Waals surface area contributed by atoms with Crippen LogP contribution in [0.25, 0.3) is 0 Å². The second-order valence-electron chi connectivity index (χ2n) is 3.02. The number of anilines is 2. The molecule has 8 heteroatoms. The monoisotopic (exact) mass is 316 g/mol. The van der Waals surface area contributed by atoms with Crippen molar-refractivity contribution in [3.8, 4) is 0 Å². The molecule has 17 heavy (non-hydrogen) atoms. The Hall–Kier alpha value is -1.54. The molecular formula is C9H6BrFN4OS. The summed E-state index contributed by atoms with van der Waals surface area (Å²) in [5.41, 5.74) is 5.68. The van der Waals surface area contributed by atoms with E-state index in [0.717, 1.165) is 11.3 Å². The molecule has 0 unspecified atom stereocenters. The number of hydrogen-bond donors (Lipinski definition) is 2. The summed E-state index contributed by atoms with van der Waals surface area (Å²) < 4.78 is 13.6. The van der Waals surface area contributed by atoms with Crippen LogP contribution in [-0.2, 0) is 0 Å². The average Bonchev–Trinajstić information content (AvgIpc) is 2.70. The standard InChI is InChI=1S/C9H6BrFN4OS/c10-5-2-1-4(11)3-6(5)13-7(16)8-14-15-9(12)17-8/h1-3H,(H2,12,15)(H,13,16). The highest BCUT2D eigenvalue weighted by Gasteiger charge is 2.13. The van der Waals surface area contributed by atoms with Crippen LogP contribution in [0.5, 0.6) is 0 Å². The van der Waals surface area contributed by atoms with Gasteiger partial charge in [0.15, 0.2) is 0 Å². The van der Waals surface area contributed by atoms with E-state index in [1.165, 1.54) is 18.2 Å². The first-order chi connectivity index (χ1) is 8.06. The highest BCUT2D eigenvalue weighted by atomic mass is 79.9. The lowest BCUT2D eigenvalue weighted by Gasteiger charge is -2.05. The summed E-state index contributed by atoms with van der Waals surface area (Å²) in [7, 11) is 0. The largest absolute Gasteiger partial charge is 0.374 e. The number of carbonyl (C=O) groups excluding carboxylic acids is 1. The molecule has 0 radical (unpaired) electrons. The third-order valence-corrected chi connectivity index (χ3v) is 3.25. The molecule has 2 aromatic rings. The first-order valence-corrected chi connectivity index (χ1v) is 6.02. The minimum absolute atomic E-state index is 0.124. The fraction of sp³-hybridized carbons (Fsp3) is 0. The summed E-state index contributed by atoms with van der Waals surface area (Å²) >= 11 is 4.16. The van der Waals surface area contributed by atoms with Crippen molar-refractivity contribution < 1.29 is 9.18 Å². The van der Waals surface area contributed by atoms with E-state index in [9.17, 15) is 9.18 Å².